The predicted octanol–water partition coefficient (Wildman–Crippen LogP) is 2.52. The lowest BCUT2D eigenvalue weighted by molar-refractivity contribution is -0.149. The normalized spacial score (nSPS) is 14.7. The number of allylic oxidation sites excluding steroid dienone is 2. The van der Waals surface area contributed by atoms with Gasteiger partial charge < -0.3 is 10.2 Å². The number of hydroxylamine groups is 2. The molecule has 0 radical (unpaired) electrons. The van der Waals surface area contributed by atoms with Gasteiger partial charge in [0, 0.05) is 5.57 Å². The number of fused-ring (bicyclic) bond motifs is 1. The van der Waals surface area contributed by atoms with Crippen molar-refractivity contribution in [1.29, 1.82) is 0 Å². The van der Waals surface area contributed by atoms with E-state index < -0.39 is 11.9 Å². The third kappa shape index (κ3) is 2.63. The molecule has 2 aromatic rings. The van der Waals surface area contributed by atoms with Crippen molar-refractivity contribution in [1.82, 2.24) is 5.06 Å². The first-order valence-corrected chi connectivity index (χ1v) is 7.24. The number of hydrogen-bond donors (Lipinski definition) is 2. The molecule has 0 aromatic heterocycles. The zero-order valence-electron chi connectivity index (χ0n) is 12.9. The number of benzene rings is 2. The molecule has 1 aliphatic heterocycles. The zero-order valence-corrected chi connectivity index (χ0v) is 12.9. The van der Waals surface area contributed by atoms with Crippen LogP contribution in [0.2, 0.25) is 0 Å². The van der Waals surface area contributed by atoms with E-state index in [1.807, 2.05) is 36.4 Å². The van der Waals surface area contributed by atoms with Gasteiger partial charge in [-0.25, -0.2) is 14.7 Å². The number of carbonyl (C=O) groups is 2. The fourth-order valence-corrected chi connectivity index (χ4v) is 2.83. The first-order chi connectivity index (χ1) is 11.5. The van der Waals surface area contributed by atoms with Crippen LogP contribution in [0.5, 0.6) is 0 Å². The van der Waals surface area contributed by atoms with Crippen LogP contribution < -0.4 is 0 Å². The van der Waals surface area contributed by atoms with Gasteiger partial charge in [-0.1, -0.05) is 42.5 Å². The number of aliphatic carboxylic acids is 2. The third-order valence-corrected chi connectivity index (χ3v) is 3.91. The van der Waals surface area contributed by atoms with Gasteiger partial charge in [0.15, 0.2) is 5.70 Å². The van der Waals surface area contributed by atoms with Gasteiger partial charge >= 0.3 is 11.9 Å². The molecular formula is C18H15NO5. The fraction of sp³-hybridized carbons (Fsp3) is 0.111. The molecule has 1 heterocycles. The molecule has 122 valence electrons. The Morgan fingerprint density at radius 2 is 1.75 bits per heavy atom. The molecule has 2 N–H and O–H groups in total. The molecule has 0 bridgehead atoms. The van der Waals surface area contributed by atoms with Crippen molar-refractivity contribution < 1.29 is 24.6 Å². The van der Waals surface area contributed by atoms with Crippen LogP contribution in [0.25, 0.3) is 16.3 Å². The molecular weight excluding hydrogens is 310 g/mol. The highest BCUT2D eigenvalue weighted by molar-refractivity contribution is 6.07. The maximum Gasteiger partial charge on any atom is 0.355 e. The second kappa shape index (κ2) is 6.17. The minimum atomic E-state index is -1.18. The van der Waals surface area contributed by atoms with Gasteiger partial charge in [-0.15, -0.1) is 0 Å². The number of hydrogen-bond acceptors (Lipinski definition) is 4. The summed E-state index contributed by atoms with van der Waals surface area (Å²) in [6.45, 7) is -0.137. The van der Waals surface area contributed by atoms with Gasteiger partial charge in [-0.05, 0) is 22.4 Å². The minimum Gasteiger partial charge on any atom is -0.478 e. The highest BCUT2D eigenvalue weighted by Gasteiger charge is 2.30. The van der Waals surface area contributed by atoms with Crippen molar-refractivity contribution in [3.05, 3.63) is 65.4 Å². The Morgan fingerprint density at radius 3 is 2.42 bits per heavy atom. The average Bonchev–Trinajstić information content (AvgIpc) is 2.59. The summed E-state index contributed by atoms with van der Waals surface area (Å²) in [6, 6.07) is 13.0. The molecule has 6 nitrogen and oxygen atoms in total. The van der Waals surface area contributed by atoms with E-state index >= 15 is 0 Å². The molecule has 6 heteroatoms. The van der Waals surface area contributed by atoms with E-state index in [2.05, 4.69) is 0 Å². The van der Waals surface area contributed by atoms with Crippen LogP contribution in [0.1, 0.15) is 5.56 Å². The Kier molecular flexibility index (Phi) is 4.05. The fourth-order valence-electron chi connectivity index (χ4n) is 2.83. The largest absolute Gasteiger partial charge is 0.478 e. The molecule has 0 saturated heterocycles. The van der Waals surface area contributed by atoms with E-state index in [-0.39, 0.29) is 17.8 Å². The van der Waals surface area contributed by atoms with E-state index in [0.29, 0.717) is 11.1 Å². The summed E-state index contributed by atoms with van der Waals surface area (Å²) < 4.78 is 0. The first-order valence-electron chi connectivity index (χ1n) is 7.24. The van der Waals surface area contributed by atoms with Crippen LogP contribution in [0.3, 0.4) is 0 Å². The Labute approximate surface area is 137 Å². The van der Waals surface area contributed by atoms with Crippen molar-refractivity contribution in [2.24, 2.45) is 0 Å². The lowest BCUT2D eigenvalue weighted by Gasteiger charge is -2.28. The van der Waals surface area contributed by atoms with Gasteiger partial charge in [0.1, 0.15) is 0 Å². The molecule has 1 aliphatic rings. The molecule has 0 amide bonds. The number of carboxylic acids is 2. The summed E-state index contributed by atoms with van der Waals surface area (Å²) in [5.74, 6) is -2.29. The molecule has 0 saturated carbocycles. The Hall–Kier alpha value is -3.12. The smallest absolute Gasteiger partial charge is 0.355 e. The van der Waals surface area contributed by atoms with Crippen LogP contribution in [-0.2, 0) is 14.4 Å². The summed E-state index contributed by atoms with van der Waals surface area (Å²) in [6.07, 6.45) is 1.41. The molecule has 3 rings (SSSR count). The number of rotatable bonds is 4. The SMILES string of the molecule is CON1CC(C(=O)O)=CC(c2cccc3ccccc23)=C1C(=O)O. The Morgan fingerprint density at radius 1 is 1.04 bits per heavy atom. The average molecular weight is 325 g/mol. The van der Waals surface area contributed by atoms with Crippen LogP contribution in [-0.4, -0.2) is 40.9 Å². The monoisotopic (exact) mass is 325 g/mol. The summed E-state index contributed by atoms with van der Waals surface area (Å²) in [4.78, 5) is 28.3. The van der Waals surface area contributed by atoms with Crippen molar-refractivity contribution in [2.75, 3.05) is 13.7 Å². The van der Waals surface area contributed by atoms with Gasteiger partial charge in [0.25, 0.3) is 0 Å². The summed E-state index contributed by atoms with van der Waals surface area (Å²) in [5.41, 5.74) is 0.930. The Balaban J connectivity index is 2.34. The van der Waals surface area contributed by atoms with E-state index in [1.54, 1.807) is 6.07 Å². The molecule has 2 aromatic carbocycles. The Bertz CT molecular complexity index is 892. The lowest BCUT2D eigenvalue weighted by atomic mass is 9.93. The first kappa shape index (κ1) is 15.8. The second-order valence-corrected chi connectivity index (χ2v) is 5.29. The van der Waals surface area contributed by atoms with E-state index in [9.17, 15) is 19.8 Å². The standard InChI is InChI=1S/C18H15NO5/c1-24-19-10-12(17(20)21)9-15(16(19)18(22)23)14-8-4-6-11-5-2-3-7-13(11)14/h2-9H,10H2,1H3,(H,20,21)(H,22,23). The number of carboxylic acid groups (broad SMARTS) is 2. The number of nitrogens with zero attached hydrogens (tertiary/aromatic N) is 1. The van der Waals surface area contributed by atoms with Gasteiger partial charge in [0.05, 0.1) is 19.2 Å². The highest BCUT2D eigenvalue weighted by atomic mass is 16.7. The molecule has 0 unspecified atom stereocenters. The van der Waals surface area contributed by atoms with Crippen molar-refractivity contribution >= 4 is 28.3 Å². The quantitative estimate of drug-likeness (QED) is 0.898. The molecule has 24 heavy (non-hydrogen) atoms. The van der Waals surface area contributed by atoms with Crippen LogP contribution >= 0.6 is 0 Å². The van der Waals surface area contributed by atoms with E-state index in [4.69, 9.17) is 4.84 Å². The van der Waals surface area contributed by atoms with Crippen LogP contribution in [0.15, 0.2) is 59.8 Å². The summed E-state index contributed by atoms with van der Waals surface area (Å²) in [7, 11) is 1.31. The predicted molar refractivity (Wildman–Crippen MR) is 87.9 cm³/mol. The zero-order chi connectivity index (χ0) is 17.3. The van der Waals surface area contributed by atoms with Crippen molar-refractivity contribution in [3.63, 3.8) is 0 Å². The van der Waals surface area contributed by atoms with E-state index in [1.165, 1.54) is 13.2 Å². The van der Waals surface area contributed by atoms with Gasteiger partial charge in [-0.3, -0.25) is 4.84 Å². The lowest BCUT2D eigenvalue weighted by Crippen LogP contribution is -2.34. The third-order valence-electron chi connectivity index (χ3n) is 3.91. The van der Waals surface area contributed by atoms with Crippen molar-refractivity contribution in [2.45, 2.75) is 0 Å². The molecule has 0 atom stereocenters. The van der Waals surface area contributed by atoms with Crippen LogP contribution in [0, 0.1) is 0 Å². The van der Waals surface area contributed by atoms with Gasteiger partial charge in [-0.2, -0.15) is 0 Å². The van der Waals surface area contributed by atoms with Crippen LogP contribution in [0.4, 0.5) is 0 Å². The topological polar surface area (TPSA) is 87.1 Å². The molecule has 0 fully saturated rings. The minimum absolute atomic E-state index is 0.0600. The van der Waals surface area contributed by atoms with Crippen molar-refractivity contribution in [3.8, 4) is 0 Å². The van der Waals surface area contributed by atoms with E-state index in [0.717, 1.165) is 15.8 Å². The maximum atomic E-state index is 11.8. The summed E-state index contributed by atoms with van der Waals surface area (Å²) >= 11 is 0. The molecule has 0 aliphatic carbocycles. The molecule has 0 spiro atoms. The maximum absolute atomic E-state index is 11.8. The van der Waals surface area contributed by atoms with Gasteiger partial charge in [0.2, 0.25) is 0 Å². The summed E-state index contributed by atoms with van der Waals surface area (Å²) in [5, 5.41) is 21.8. The highest BCUT2D eigenvalue weighted by Crippen LogP contribution is 2.33. The second-order valence-electron chi connectivity index (χ2n) is 5.29.